The van der Waals surface area contributed by atoms with Crippen molar-refractivity contribution in [3.05, 3.63) is 35.5 Å². The highest BCUT2D eigenvalue weighted by molar-refractivity contribution is 7.99. The maximum atomic E-state index is 13.0. The molecule has 1 amide bonds. The van der Waals surface area contributed by atoms with Crippen LogP contribution in [0.25, 0.3) is 10.9 Å². The van der Waals surface area contributed by atoms with Gasteiger partial charge in [-0.15, -0.1) is 0 Å². The number of carbonyl (C=O) groups is 1. The number of methoxy groups -OCH3 is 1. The van der Waals surface area contributed by atoms with Crippen LogP contribution in [0.5, 0.6) is 5.75 Å². The van der Waals surface area contributed by atoms with E-state index in [0.29, 0.717) is 51.2 Å². The normalized spacial score (nSPS) is 21.2. The molecule has 41 heavy (non-hydrogen) atoms. The fraction of sp³-hybridized carbons (Fsp3) is 0.677. The summed E-state index contributed by atoms with van der Waals surface area (Å²) in [5.41, 5.74) is 3.89. The van der Waals surface area contributed by atoms with Crippen molar-refractivity contribution >= 4 is 28.6 Å². The minimum atomic E-state index is -0.784. The number of hydroxylamine groups is 1. The van der Waals surface area contributed by atoms with E-state index >= 15 is 0 Å². The van der Waals surface area contributed by atoms with Gasteiger partial charge in [0.15, 0.2) is 0 Å². The number of likely N-dealkylation sites (tertiary alicyclic amines) is 1. The molecule has 0 spiro atoms. The standard InChI is InChI=1S/C31H46N4O5S/c1-39-24-6-7-27-26(20-24)29(23(21-32-27)22-35-14-17-40-18-15-35)28(36)8-9-31(30(37)33-38)10-12-34(13-11-31)16-19-41-25-4-2-3-5-25/h6-7,20-21,25,28,36,38H,2-5,8-19,22H2,1H3,(H,33,37)/t28-/m1/s1. The molecule has 1 aliphatic carbocycles. The smallest absolute Gasteiger partial charge is 0.249 e. The van der Waals surface area contributed by atoms with Crippen molar-refractivity contribution in [2.45, 2.75) is 69.3 Å². The van der Waals surface area contributed by atoms with Gasteiger partial charge in [0.05, 0.1) is 37.4 Å². The van der Waals surface area contributed by atoms with Crippen molar-refractivity contribution in [2.75, 3.05) is 58.8 Å². The van der Waals surface area contributed by atoms with Crippen LogP contribution in [0.2, 0.25) is 0 Å². The highest BCUT2D eigenvalue weighted by Crippen LogP contribution is 2.41. The Bertz CT molecular complexity index is 1150. The monoisotopic (exact) mass is 586 g/mol. The van der Waals surface area contributed by atoms with Crippen LogP contribution in [0.3, 0.4) is 0 Å². The lowest BCUT2D eigenvalue weighted by atomic mass is 9.73. The topological polar surface area (TPSA) is 107 Å². The molecule has 3 heterocycles. The first-order valence-corrected chi connectivity index (χ1v) is 16.3. The molecule has 0 bridgehead atoms. The summed E-state index contributed by atoms with van der Waals surface area (Å²) in [7, 11) is 1.64. The average molecular weight is 587 g/mol. The number of fused-ring (bicyclic) bond motifs is 1. The molecular weight excluding hydrogens is 540 g/mol. The van der Waals surface area contributed by atoms with E-state index in [2.05, 4.69) is 21.6 Å². The largest absolute Gasteiger partial charge is 0.497 e. The number of benzene rings is 1. The summed E-state index contributed by atoms with van der Waals surface area (Å²) in [5, 5.41) is 23.1. The Morgan fingerprint density at radius 1 is 1.20 bits per heavy atom. The molecule has 3 fully saturated rings. The van der Waals surface area contributed by atoms with Gasteiger partial charge in [-0.2, -0.15) is 11.8 Å². The molecule has 2 saturated heterocycles. The third-order valence-corrected chi connectivity index (χ3v) is 10.7. The maximum Gasteiger partial charge on any atom is 0.249 e. The Labute approximate surface area is 247 Å². The van der Waals surface area contributed by atoms with Gasteiger partial charge < -0.3 is 19.5 Å². The van der Waals surface area contributed by atoms with Gasteiger partial charge >= 0.3 is 0 Å². The zero-order valence-electron chi connectivity index (χ0n) is 24.4. The van der Waals surface area contributed by atoms with E-state index in [9.17, 15) is 15.1 Å². The molecule has 1 aromatic heterocycles. The number of nitrogens with one attached hydrogen (secondary N) is 1. The van der Waals surface area contributed by atoms with Crippen molar-refractivity contribution in [2.24, 2.45) is 5.41 Å². The third-order valence-electron chi connectivity index (χ3n) is 9.39. The number of rotatable bonds is 12. The van der Waals surface area contributed by atoms with Crippen molar-refractivity contribution in [1.82, 2.24) is 20.3 Å². The summed E-state index contributed by atoms with van der Waals surface area (Å²) in [4.78, 5) is 22.5. The lowest BCUT2D eigenvalue weighted by Gasteiger charge is -2.40. The Morgan fingerprint density at radius 3 is 2.66 bits per heavy atom. The number of amides is 1. The molecule has 0 unspecified atom stereocenters. The predicted molar refractivity (Wildman–Crippen MR) is 161 cm³/mol. The molecular formula is C31H46N4O5S. The van der Waals surface area contributed by atoms with Crippen LogP contribution < -0.4 is 10.2 Å². The summed E-state index contributed by atoms with van der Waals surface area (Å²) in [6.07, 6.45) is 8.77. The van der Waals surface area contributed by atoms with Gasteiger partial charge in [-0.3, -0.25) is 19.9 Å². The van der Waals surface area contributed by atoms with E-state index in [-0.39, 0.29) is 5.91 Å². The molecule has 2 aromatic rings. The molecule has 1 atom stereocenters. The number of morpholine rings is 1. The average Bonchev–Trinajstić information content (AvgIpc) is 3.54. The van der Waals surface area contributed by atoms with Gasteiger partial charge in [0.1, 0.15) is 5.75 Å². The van der Waals surface area contributed by atoms with Crippen LogP contribution in [0, 0.1) is 5.41 Å². The van der Waals surface area contributed by atoms with Crippen LogP contribution in [-0.4, -0.2) is 95.1 Å². The first kappa shape index (κ1) is 30.5. The molecule has 9 nitrogen and oxygen atoms in total. The molecule has 1 saturated carbocycles. The number of ether oxygens (including phenoxy) is 2. The fourth-order valence-electron chi connectivity index (χ4n) is 6.75. The fourth-order valence-corrected chi connectivity index (χ4v) is 8.12. The number of hydrogen-bond donors (Lipinski definition) is 3. The van der Waals surface area contributed by atoms with Crippen molar-refractivity contribution in [3.8, 4) is 5.75 Å². The zero-order chi connectivity index (χ0) is 28.7. The van der Waals surface area contributed by atoms with Crippen LogP contribution in [-0.2, 0) is 16.1 Å². The number of aliphatic hydroxyl groups is 1. The second-order valence-corrected chi connectivity index (χ2v) is 13.3. The maximum absolute atomic E-state index is 13.0. The van der Waals surface area contributed by atoms with Gasteiger partial charge in [0.2, 0.25) is 5.91 Å². The number of nitrogens with zero attached hydrogens (tertiary/aromatic N) is 3. The Hall–Kier alpha value is -1.95. The molecule has 0 radical (unpaired) electrons. The van der Waals surface area contributed by atoms with Crippen molar-refractivity contribution in [3.63, 3.8) is 0 Å². The van der Waals surface area contributed by atoms with Gasteiger partial charge in [-0.1, -0.05) is 12.8 Å². The number of piperidine rings is 1. The number of hydrogen-bond acceptors (Lipinski definition) is 9. The van der Waals surface area contributed by atoms with E-state index in [4.69, 9.17) is 14.5 Å². The number of aliphatic hydroxyl groups excluding tert-OH is 1. The highest BCUT2D eigenvalue weighted by atomic mass is 32.2. The van der Waals surface area contributed by atoms with Crippen molar-refractivity contribution in [1.29, 1.82) is 0 Å². The lowest BCUT2D eigenvalue weighted by Crippen LogP contribution is -2.48. The summed E-state index contributed by atoms with van der Waals surface area (Å²) < 4.78 is 11.0. The Balaban J connectivity index is 1.29. The number of pyridine rings is 1. The molecule has 3 aliphatic rings. The van der Waals surface area contributed by atoms with E-state index in [1.54, 1.807) is 7.11 Å². The van der Waals surface area contributed by atoms with Crippen LogP contribution >= 0.6 is 11.8 Å². The SMILES string of the molecule is COc1ccc2ncc(CN3CCOCC3)c([C@H](O)CCC3(C(=O)NO)CCN(CCSC4CCCC4)CC3)c2c1. The van der Waals surface area contributed by atoms with Gasteiger partial charge in [0, 0.05) is 48.8 Å². The number of thioether (sulfide) groups is 1. The second kappa shape index (κ2) is 14.5. The Kier molecular flexibility index (Phi) is 10.8. The summed E-state index contributed by atoms with van der Waals surface area (Å²) in [6, 6.07) is 5.75. The third kappa shape index (κ3) is 7.53. The number of aromatic nitrogens is 1. The molecule has 226 valence electrons. The molecule has 3 N–H and O–H groups in total. The zero-order valence-corrected chi connectivity index (χ0v) is 25.2. The van der Waals surface area contributed by atoms with E-state index in [1.807, 2.05) is 29.9 Å². The van der Waals surface area contributed by atoms with E-state index < -0.39 is 11.5 Å². The Morgan fingerprint density at radius 2 is 1.95 bits per heavy atom. The van der Waals surface area contributed by atoms with Crippen LogP contribution in [0.4, 0.5) is 0 Å². The van der Waals surface area contributed by atoms with Gasteiger partial charge in [0.25, 0.3) is 0 Å². The highest BCUT2D eigenvalue weighted by Gasteiger charge is 2.41. The van der Waals surface area contributed by atoms with Crippen LogP contribution in [0.1, 0.15) is 68.6 Å². The quantitative estimate of drug-likeness (QED) is 0.250. The lowest BCUT2D eigenvalue weighted by molar-refractivity contribution is -0.143. The molecule has 10 heteroatoms. The van der Waals surface area contributed by atoms with Gasteiger partial charge in [-0.25, -0.2) is 5.48 Å². The summed E-state index contributed by atoms with van der Waals surface area (Å²) in [6.45, 7) is 6.42. The number of carbonyl (C=O) groups excluding carboxylic acids is 1. The predicted octanol–water partition coefficient (Wildman–Crippen LogP) is 4.15. The van der Waals surface area contributed by atoms with Gasteiger partial charge in [-0.05, 0) is 80.9 Å². The van der Waals surface area contributed by atoms with E-state index in [0.717, 1.165) is 65.8 Å². The first-order chi connectivity index (χ1) is 20.0. The summed E-state index contributed by atoms with van der Waals surface area (Å²) in [5.74, 6) is 1.51. The molecule has 5 rings (SSSR count). The van der Waals surface area contributed by atoms with Crippen LogP contribution in [0.15, 0.2) is 24.4 Å². The molecule has 1 aromatic carbocycles. The minimum absolute atomic E-state index is 0.334. The second-order valence-electron chi connectivity index (χ2n) is 11.9. The summed E-state index contributed by atoms with van der Waals surface area (Å²) >= 11 is 2.10. The van der Waals surface area contributed by atoms with E-state index in [1.165, 1.54) is 25.7 Å². The van der Waals surface area contributed by atoms with Crippen molar-refractivity contribution < 1.29 is 24.6 Å². The minimum Gasteiger partial charge on any atom is -0.497 e. The molecule has 2 aliphatic heterocycles. The first-order valence-electron chi connectivity index (χ1n) is 15.2.